The van der Waals surface area contributed by atoms with Crippen LogP contribution in [0.1, 0.15) is 12.5 Å². The van der Waals surface area contributed by atoms with Gasteiger partial charge in [-0.25, -0.2) is 14.3 Å². The molecule has 0 saturated carbocycles. The average Bonchev–Trinajstić information content (AvgIpc) is 2.70. The van der Waals surface area contributed by atoms with Gasteiger partial charge in [0.2, 0.25) is 0 Å². The number of H-pyrrole nitrogens is 1. The molecule has 1 aromatic carbocycles. The number of hydrogen-bond donors (Lipinski definition) is 2. The fourth-order valence-electron chi connectivity index (χ4n) is 1.59. The molecule has 18 heavy (non-hydrogen) atoms. The minimum Gasteiger partial charge on any atom is -0.326 e. The van der Waals surface area contributed by atoms with Crippen molar-refractivity contribution in [2.75, 3.05) is 0 Å². The van der Waals surface area contributed by atoms with Crippen molar-refractivity contribution in [1.82, 2.24) is 14.8 Å². The van der Waals surface area contributed by atoms with Gasteiger partial charge in [0.15, 0.2) is 5.16 Å². The van der Waals surface area contributed by atoms with E-state index in [1.807, 2.05) is 6.92 Å². The van der Waals surface area contributed by atoms with Crippen LogP contribution in [0.3, 0.4) is 0 Å². The molecular formula is C11H13FN4OS. The van der Waals surface area contributed by atoms with E-state index in [1.54, 1.807) is 12.1 Å². The summed E-state index contributed by atoms with van der Waals surface area (Å²) < 4.78 is 15.0. The quantitative estimate of drug-likeness (QED) is 0.877. The summed E-state index contributed by atoms with van der Waals surface area (Å²) in [6, 6.07) is 4.73. The first-order valence-electron chi connectivity index (χ1n) is 5.47. The van der Waals surface area contributed by atoms with E-state index in [9.17, 15) is 9.18 Å². The van der Waals surface area contributed by atoms with Crippen LogP contribution in [0, 0.1) is 5.82 Å². The summed E-state index contributed by atoms with van der Waals surface area (Å²) in [6.45, 7) is 2.46. The standard InChI is InChI=1S/C11H13FN4OS/c1-2-16-10(17)14-15-11(16)18-9-5-3-4-8(12)7(9)6-13/h3-5H,2,6,13H2,1H3,(H,14,17). The number of nitrogens with one attached hydrogen (secondary N) is 1. The SMILES string of the molecule is CCn1c(Sc2cccc(F)c2CN)n[nH]c1=O. The highest BCUT2D eigenvalue weighted by atomic mass is 32.2. The van der Waals surface area contributed by atoms with Gasteiger partial charge in [0.1, 0.15) is 5.82 Å². The van der Waals surface area contributed by atoms with Crippen molar-refractivity contribution in [2.24, 2.45) is 5.73 Å². The van der Waals surface area contributed by atoms with Gasteiger partial charge < -0.3 is 5.73 Å². The Morgan fingerprint density at radius 3 is 3.00 bits per heavy atom. The van der Waals surface area contributed by atoms with E-state index in [-0.39, 0.29) is 18.1 Å². The van der Waals surface area contributed by atoms with Gasteiger partial charge >= 0.3 is 5.69 Å². The van der Waals surface area contributed by atoms with E-state index in [0.29, 0.717) is 22.2 Å². The van der Waals surface area contributed by atoms with Crippen LogP contribution in [0.2, 0.25) is 0 Å². The van der Waals surface area contributed by atoms with Crippen LogP contribution in [0.15, 0.2) is 33.0 Å². The largest absolute Gasteiger partial charge is 0.343 e. The molecule has 0 aliphatic heterocycles. The second-order valence-corrected chi connectivity index (χ2v) is 4.59. The highest BCUT2D eigenvalue weighted by Crippen LogP contribution is 2.29. The van der Waals surface area contributed by atoms with E-state index in [2.05, 4.69) is 10.2 Å². The molecule has 1 aromatic heterocycles. The third-order valence-electron chi connectivity index (χ3n) is 2.52. The maximum absolute atomic E-state index is 13.6. The molecule has 2 aromatic rings. The van der Waals surface area contributed by atoms with Gasteiger partial charge in [-0.05, 0) is 30.8 Å². The number of aromatic nitrogens is 3. The summed E-state index contributed by atoms with van der Waals surface area (Å²) in [4.78, 5) is 12.1. The first kappa shape index (κ1) is 12.8. The molecule has 3 N–H and O–H groups in total. The van der Waals surface area contributed by atoms with Gasteiger partial charge in [-0.1, -0.05) is 6.07 Å². The molecule has 0 aliphatic rings. The van der Waals surface area contributed by atoms with Crippen LogP contribution in [-0.4, -0.2) is 14.8 Å². The Bertz CT molecular complexity index is 607. The van der Waals surface area contributed by atoms with Crippen LogP contribution in [0.4, 0.5) is 4.39 Å². The van der Waals surface area contributed by atoms with E-state index in [0.717, 1.165) is 0 Å². The summed E-state index contributed by atoms with van der Waals surface area (Å²) in [7, 11) is 0. The third kappa shape index (κ3) is 2.32. The lowest BCUT2D eigenvalue weighted by molar-refractivity contribution is 0.604. The zero-order valence-corrected chi connectivity index (χ0v) is 10.6. The zero-order valence-electron chi connectivity index (χ0n) is 9.81. The lowest BCUT2D eigenvalue weighted by Crippen LogP contribution is -2.16. The third-order valence-corrected chi connectivity index (χ3v) is 3.62. The molecule has 0 amide bonds. The van der Waals surface area contributed by atoms with Gasteiger partial charge in [-0.2, -0.15) is 0 Å². The summed E-state index contributed by atoms with van der Waals surface area (Å²) in [5.74, 6) is -0.344. The molecule has 1 heterocycles. The lowest BCUT2D eigenvalue weighted by Gasteiger charge is -2.07. The molecule has 0 fully saturated rings. The minimum atomic E-state index is -0.344. The van der Waals surface area contributed by atoms with Crippen molar-refractivity contribution in [3.63, 3.8) is 0 Å². The van der Waals surface area contributed by atoms with E-state index >= 15 is 0 Å². The molecule has 5 nitrogen and oxygen atoms in total. The Labute approximate surface area is 107 Å². The van der Waals surface area contributed by atoms with E-state index in [1.165, 1.54) is 22.4 Å². The Morgan fingerprint density at radius 2 is 2.33 bits per heavy atom. The average molecular weight is 268 g/mol. The molecule has 0 bridgehead atoms. The van der Waals surface area contributed by atoms with Crippen molar-refractivity contribution >= 4 is 11.8 Å². The first-order chi connectivity index (χ1) is 8.67. The molecule has 0 saturated heterocycles. The van der Waals surface area contributed by atoms with Crippen molar-refractivity contribution in [2.45, 2.75) is 30.1 Å². The number of halogens is 1. The van der Waals surface area contributed by atoms with Crippen molar-refractivity contribution in [3.05, 3.63) is 40.1 Å². The Balaban J connectivity index is 2.40. The number of nitrogens with zero attached hydrogens (tertiary/aromatic N) is 2. The Kier molecular flexibility index (Phi) is 3.83. The minimum absolute atomic E-state index is 0.107. The van der Waals surface area contributed by atoms with Crippen LogP contribution in [-0.2, 0) is 13.1 Å². The monoisotopic (exact) mass is 268 g/mol. The van der Waals surface area contributed by atoms with Gasteiger partial charge in [-0.15, -0.1) is 5.10 Å². The molecule has 0 spiro atoms. The Morgan fingerprint density at radius 1 is 1.56 bits per heavy atom. The van der Waals surface area contributed by atoms with Gasteiger partial charge in [0.05, 0.1) is 0 Å². The number of aromatic amines is 1. The Hall–Kier alpha value is -1.60. The summed E-state index contributed by atoms with van der Waals surface area (Å²) in [5, 5.41) is 6.79. The number of hydrogen-bond acceptors (Lipinski definition) is 4. The first-order valence-corrected chi connectivity index (χ1v) is 6.29. The van der Waals surface area contributed by atoms with E-state index in [4.69, 9.17) is 5.73 Å². The number of rotatable bonds is 4. The molecule has 96 valence electrons. The maximum atomic E-state index is 13.6. The van der Waals surface area contributed by atoms with Crippen LogP contribution >= 0.6 is 11.8 Å². The highest BCUT2D eigenvalue weighted by molar-refractivity contribution is 7.99. The maximum Gasteiger partial charge on any atom is 0.343 e. The van der Waals surface area contributed by atoms with Crippen molar-refractivity contribution in [1.29, 1.82) is 0 Å². The van der Waals surface area contributed by atoms with Crippen LogP contribution in [0.25, 0.3) is 0 Å². The molecular weight excluding hydrogens is 255 g/mol. The van der Waals surface area contributed by atoms with Gasteiger partial charge in [-0.3, -0.25) is 4.57 Å². The molecule has 0 atom stereocenters. The van der Waals surface area contributed by atoms with Crippen LogP contribution < -0.4 is 11.4 Å². The topological polar surface area (TPSA) is 76.7 Å². The molecule has 2 rings (SSSR count). The van der Waals surface area contributed by atoms with Gasteiger partial charge in [0, 0.05) is 23.5 Å². The zero-order chi connectivity index (χ0) is 13.1. The fraction of sp³-hybridized carbons (Fsp3) is 0.273. The number of benzene rings is 1. The van der Waals surface area contributed by atoms with Crippen molar-refractivity contribution in [3.8, 4) is 0 Å². The molecule has 0 unspecified atom stereocenters. The molecule has 0 aliphatic carbocycles. The second kappa shape index (κ2) is 5.36. The second-order valence-electron chi connectivity index (χ2n) is 3.58. The van der Waals surface area contributed by atoms with Crippen molar-refractivity contribution < 1.29 is 4.39 Å². The van der Waals surface area contributed by atoms with E-state index < -0.39 is 0 Å². The number of nitrogens with two attached hydrogens (primary N) is 1. The molecule has 7 heteroatoms. The lowest BCUT2D eigenvalue weighted by atomic mass is 10.2. The van der Waals surface area contributed by atoms with Crippen LogP contribution in [0.5, 0.6) is 0 Å². The summed E-state index contributed by atoms with van der Waals surface area (Å²) in [5.41, 5.74) is 5.69. The predicted octanol–water partition coefficient (Wildman–Crippen LogP) is 1.34. The fourth-order valence-corrected chi connectivity index (χ4v) is 2.65. The summed E-state index contributed by atoms with van der Waals surface area (Å²) >= 11 is 1.23. The van der Waals surface area contributed by atoms with Gasteiger partial charge in [0.25, 0.3) is 0 Å². The molecule has 0 radical (unpaired) electrons. The smallest absolute Gasteiger partial charge is 0.326 e. The highest BCUT2D eigenvalue weighted by Gasteiger charge is 2.13. The normalized spacial score (nSPS) is 10.8. The summed E-state index contributed by atoms with van der Waals surface area (Å²) in [6.07, 6.45) is 0. The predicted molar refractivity (Wildman–Crippen MR) is 66.9 cm³/mol.